The van der Waals surface area contributed by atoms with Gasteiger partial charge in [0.25, 0.3) is 5.91 Å². The molecule has 0 bridgehead atoms. The lowest BCUT2D eigenvalue weighted by Crippen LogP contribution is -2.53. The minimum Gasteiger partial charge on any atom is -0.444 e. The molecule has 1 atom stereocenters. The summed E-state index contributed by atoms with van der Waals surface area (Å²) in [5.41, 5.74) is 1.05. The number of para-hydroxylation sites is 1. The molecule has 2 rings (SSSR count). The third-order valence-electron chi connectivity index (χ3n) is 3.08. The van der Waals surface area contributed by atoms with E-state index in [9.17, 15) is 9.59 Å². The van der Waals surface area contributed by atoms with E-state index in [4.69, 9.17) is 9.57 Å². The zero-order valence-corrected chi connectivity index (χ0v) is 13.4. The average molecular weight is 306 g/mol. The summed E-state index contributed by atoms with van der Waals surface area (Å²) in [6, 6.07) is 6.78. The monoisotopic (exact) mass is 306 g/mol. The van der Waals surface area contributed by atoms with Crippen LogP contribution in [0.1, 0.15) is 33.3 Å². The molecule has 0 aliphatic carbocycles. The predicted molar refractivity (Wildman–Crippen MR) is 82.4 cm³/mol. The Morgan fingerprint density at radius 2 is 2.05 bits per heavy atom. The number of fused-ring (bicyclic) bond motifs is 1. The van der Waals surface area contributed by atoms with E-state index in [2.05, 4.69) is 5.32 Å². The first-order valence-corrected chi connectivity index (χ1v) is 7.36. The van der Waals surface area contributed by atoms with Crippen LogP contribution in [0.2, 0.25) is 0 Å². The number of carbonyl (C=O) groups is 2. The van der Waals surface area contributed by atoms with Gasteiger partial charge in [0.2, 0.25) is 0 Å². The quantitative estimate of drug-likeness (QED) is 0.931. The van der Waals surface area contributed by atoms with Crippen LogP contribution in [0.15, 0.2) is 24.3 Å². The molecule has 120 valence electrons. The molecule has 1 N–H and O–H groups in total. The maximum Gasteiger partial charge on any atom is 0.408 e. The van der Waals surface area contributed by atoms with Crippen LogP contribution in [0.5, 0.6) is 0 Å². The first-order valence-electron chi connectivity index (χ1n) is 7.36. The van der Waals surface area contributed by atoms with Gasteiger partial charge >= 0.3 is 6.09 Å². The molecule has 0 radical (unpaired) electrons. The number of hydrogen-bond acceptors (Lipinski definition) is 4. The molecular formula is C16H22N2O4. The van der Waals surface area contributed by atoms with Crippen LogP contribution in [0.3, 0.4) is 0 Å². The molecule has 1 aromatic rings. The summed E-state index contributed by atoms with van der Waals surface area (Å²) in [7, 11) is 0. The van der Waals surface area contributed by atoms with Gasteiger partial charge in [-0.3, -0.25) is 9.63 Å². The Kier molecular flexibility index (Phi) is 4.71. The van der Waals surface area contributed by atoms with Crippen molar-refractivity contribution in [1.29, 1.82) is 0 Å². The number of alkyl carbamates (subject to hydrolysis) is 1. The molecule has 1 aromatic carbocycles. The third kappa shape index (κ3) is 3.76. The molecule has 1 aliphatic heterocycles. The van der Waals surface area contributed by atoms with Gasteiger partial charge in [-0.05, 0) is 39.3 Å². The third-order valence-corrected chi connectivity index (χ3v) is 3.08. The number of rotatable bonds is 3. The SMILES string of the molecule is CCON1C(=O)[C@@H](NC(=O)OC(C)(C)C)Cc2ccccc21. The van der Waals surface area contributed by atoms with Gasteiger partial charge in [-0.15, -0.1) is 0 Å². The van der Waals surface area contributed by atoms with Crippen molar-refractivity contribution in [1.82, 2.24) is 5.32 Å². The number of hydrogen-bond donors (Lipinski definition) is 1. The molecule has 0 saturated heterocycles. The van der Waals surface area contributed by atoms with Gasteiger partial charge in [-0.1, -0.05) is 18.2 Å². The van der Waals surface area contributed by atoms with E-state index in [1.165, 1.54) is 5.06 Å². The number of amides is 2. The first kappa shape index (κ1) is 16.3. The zero-order chi connectivity index (χ0) is 16.3. The van der Waals surface area contributed by atoms with Crippen molar-refractivity contribution in [3.8, 4) is 0 Å². The van der Waals surface area contributed by atoms with Crippen molar-refractivity contribution in [3.63, 3.8) is 0 Å². The highest BCUT2D eigenvalue weighted by atomic mass is 16.7. The Hall–Kier alpha value is -2.08. The standard InChI is InChI=1S/C16H22N2O4/c1-5-21-18-13-9-7-6-8-11(13)10-12(14(18)19)17-15(20)22-16(2,3)4/h6-9,12H,5,10H2,1-4H3,(H,17,20)/t12-/m0/s1. The van der Waals surface area contributed by atoms with E-state index in [1.54, 1.807) is 27.7 Å². The summed E-state index contributed by atoms with van der Waals surface area (Å²) in [6.45, 7) is 7.49. The lowest BCUT2D eigenvalue weighted by molar-refractivity contribution is -0.128. The van der Waals surface area contributed by atoms with Crippen molar-refractivity contribution in [3.05, 3.63) is 29.8 Å². The summed E-state index contributed by atoms with van der Waals surface area (Å²) < 4.78 is 5.21. The summed E-state index contributed by atoms with van der Waals surface area (Å²) >= 11 is 0. The Bertz CT molecular complexity index is 566. The summed E-state index contributed by atoms with van der Waals surface area (Å²) in [5, 5.41) is 3.87. The second-order valence-electron chi connectivity index (χ2n) is 6.08. The number of carbonyl (C=O) groups excluding carboxylic acids is 2. The highest BCUT2D eigenvalue weighted by Crippen LogP contribution is 2.28. The van der Waals surface area contributed by atoms with Gasteiger partial charge in [0.05, 0.1) is 12.3 Å². The Labute approximate surface area is 130 Å². The lowest BCUT2D eigenvalue weighted by atomic mass is 9.99. The molecule has 6 heteroatoms. The molecule has 0 saturated carbocycles. The molecule has 0 fully saturated rings. The topological polar surface area (TPSA) is 67.9 Å². The number of nitrogens with one attached hydrogen (secondary N) is 1. The molecule has 2 amide bonds. The van der Waals surface area contributed by atoms with Crippen molar-refractivity contribution in [2.24, 2.45) is 0 Å². The average Bonchev–Trinajstić information content (AvgIpc) is 2.41. The van der Waals surface area contributed by atoms with E-state index in [0.29, 0.717) is 13.0 Å². The fourth-order valence-corrected chi connectivity index (χ4v) is 2.27. The van der Waals surface area contributed by atoms with Crippen LogP contribution < -0.4 is 10.4 Å². The number of nitrogens with zero attached hydrogens (tertiary/aromatic N) is 1. The molecule has 1 heterocycles. The minimum atomic E-state index is -0.698. The van der Waals surface area contributed by atoms with Crippen molar-refractivity contribution in [2.45, 2.75) is 45.8 Å². The maximum atomic E-state index is 12.5. The van der Waals surface area contributed by atoms with Crippen LogP contribution in [0.25, 0.3) is 0 Å². The van der Waals surface area contributed by atoms with E-state index in [0.717, 1.165) is 11.3 Å². The highest BCUT2D eigenvalue weighted by Gasteiger charge is 2.35. The fraction of sp³-hybridized carbons (Fsp3) is 0.500. The van der Waals surface area contributed by atoms with Gasteiger partial charge in [0, 0.05) is 6.42 Å². The van der Waals surface area contributed by atoms with Gasteiger partial charge in [-0.25, -0.2) is 4.79 Å². The van der Waals surface area contributed by atoms with Gasteiger partial charge in [-0.2, -0.15) is 5.06 Å². The van der Waals surface area contributed by atoms with E-state index in [-0.39, 0.29) is 5.91 Å². The number of hydroxylamine groups is 1. The predicted octanol–water partition coefficient (Wildman–Crippen LogP) is 2.42. The van der Waals surface area contributed by atoms with Crippen LogP contribution in [-0.2, 0) is 20.8 Å². The van der Waals surface area contributed by atoms with E-state index < -0.39 is 17.7 Å². The summed E-state index contributed by atoms with van der Waals surface area (Å²) in [6.07, 6.45) is -0.195. The van der Waals surface area contributed by atoms with Gasteiger partial charge in [0.1, 0.15) is 11.6 Å². The number of benzene rings is 1. The van der Waals surface area contributed by atoms with Gasteiger partial charge < -0.3 is 10.1 Å². The summed E-state index contributed by atoms with van der Waals surface area (Å²) in [4.78, 5) is 29.8. The molecule has 1 aliphatic rings. The van der Waals surface area contributed by atoms with Crippen molar-refractivity contribution >= 4 is 17.7 Å². The Morgan fingerprint density at radius 1 is 1.36 bits per heavy atom. The first-order chi connectivity index (χ1) is 10.3. The smallest absolute Gasteiger partial charge is 0.408 e. The Balaban J connectivity index is 2.17. The molecule has 0 spiro atoms. The van der Waals surface area contributed by atoms with Crippen molar-refractivity contribution in [2.75, 3.05) is 11.7 Å². The zero-order valence-electron chi connectivity index (χ0n) is 13.4. The molecule has 6 nitrogen and oxygen atoms in total. The maximum absolute atomic E-state index is 12.5. The number of anilines is 1. The van der Waals surface area contributed by atoms with E-state index in [1.807, 2.05) is 24.3 Å². The van der Waals surface area contributed by atoms with Crippen LogP contribution in [-0.4, -0.2) is 30.3 Å². The van der Waals surface area contributed by atoms with Crippen molar-refractivity contribution < 1.29 is 19.2 Å². The largest absolute Gasteiger partial charge is 0.444 e. The Morgan fingerprint density at radius 3 is 2.68 bits per heavy atom. The second-order valence-corrected chi connectivity index (χ2v) is 6.08. The van der Waals surface area contributed by atoms with Gasteiger partial charge in [0.15, 0.2) is 0 Å². The molecule has 0 unspecified atom stereocenters. The minimum absolute atomic E-state index is 0.300. The highest BCUT2D eigenvalue weighted by molar-refractivity contribution is 6.00. The molecular weight excluding hydrogens is 284 g/mol. The molecule has 0 aromatic heterocycles. The fourth-order valence-electron chi connectivity index (χ4n) is 2.27. The lowest BCUT2D eigenvalue weighted by Gasteiger charge is -2.33. The van der Waals surface area contributed by atoms with Crippen LogP contribution in [0.4, 0.5) is 10.5 Å². The summed E-state index contributed by atoms with van der Waals surface area (Å²) in [5.74, 6) is -0.300. The normalized spacial score (nSPS) is 17.9. The molecule has 22 heavy (non-hydrogen) atoms. The van der Waals surface area contributed by atoms with Crippen LogP contribution in [0, 0.1) is 0 Å². The van der Waals surface area contributed by atoms with Crippen LogP contribution >= 0.6 is 0 Å². The number of ether oxygens (including phenoxy) is 1. The second kappa shape index (κ2) is 6.36. The van der Waals surface area contributed by atoms with E-state index >= 15 is 0 Å².